The summed E-state index contributed by atoms with van der Waals surface area (Å²) in [5.41, 5.74) is 0. The van der Waals surface area contributed by atoms with Crippen LogP contribution in [0, 0.1) is 17.8 Å². The lowest BCUT2D eigenvalue weighted by molar-refractivity contribution is -0.153. The Morgan fingerprint density at radius 3 is 2.50 bits per heavy atom. The predicted molar refractivity (Wildman–Crippen MR) is 72.3 cm³/mol. The highest BCUT2D eigenvalue weighted by molar-refractivity contribution is 5.69. The Balaban J connectivity index is 1.70. The lowest BCUT2D eigenvalue weighted by atomic mass is 9.80. The van der Waals surface area contributed by atoms with Gasteiger partial charge in [0.2, 0.25) is 0 Å². The van der Waals surface area contributed by atoms with Crippen molar-refractivity contribution in [2.75, 3.05) is 13.1 Å². The van der Waals surface area contributed by atoms with Gasteiger partial charge in [-0.25, -0.2) is 0 Å². The summed E-state index contributed by atoms with van der Waals surface area (Å²) in [6.07, 6.45) is 6.36. The SMILES string of the molecule is CC1CCC(OC(=O)CC2CCNCC2)CC1C. The third-order valence-electron chi connectivity index (χ3n) is 4.76. The minimum atomic E-state index is 0.0358. The Bertz CT molecular complexity index is 274. The number of carbonyl (C=O) groups is 1. The summed E-state index contributed by atoms with van der Waals surface area (Å²) in [6, 6.07) is 0. The third kappa shape index (κ3) is 3.98. The van der Waals surface area contributed by atoms with Crippen LogP contribution in [0.25, 0.3) is 0 Å². The first-order valence-electron chi connectivity index (χ1n) is 7.55. The van der Waals surface area contributed by atoms with Crippen molar-refractivity contribution in [1.82, 2.24) is 5.32 Å². The predicted octanol–water partition coefficient (Wildman–Crippen LogP) is 2.74. The molecule has 1 aliphatic heterocycles. The molecule has 104 valence electrons. The van der Waals surface area contributed by atoms with Crippen molar-refractivity contribution in [3.05, 3.63) is 0 Å². The normalized spacial score (nSPS) is 34.2. The van der Waals surface area contributed by atoms with E-state index in [1.165, 1.54) is 6.42 Å². The number of hydrogen-bond donors (Lipinski definition) is 1. The molecule has 0 bridgehead atoms. The van der Waals surface area contributed by atoms with Crippen molar-refractivity contribution in [3.8, 4) is 0 Å². The van der Waals surface area contributed by atoms with Crippen LogP contribution in [0.5, 0.6) is 0 Å². The smallest absolute Gasteiger partial charge is 0.306 e. The van der Waals surface area contributed by atoms with Gasteiger partial charge in [-0.3, -0.25) is 4.79 Å². The molecule has 1 saturated carbocycles. The fourth-order valence-electron chi connectivity index (χ4n) is 3.16. The molecule has 0 amide bonds. The van der Waals surface area contributed by atoms with E-state index >= 15 is 0 Å². The summed E-state index contributed by atoms with van der Waals surface area (Å²) >= 11 is 0. The van der Waals surface area contributed by atoms with Crippen LogP contribution >= 0.6 is 0 Å². The van der Waals surface area contributed by atoms with Gasteiger partial charge in [0.15, 0.2) is 0 Å². The molecule has 0 aromatic carbocycles. The van der Waals surface area contributed by atoms with Crippen LogP contribution in [0.4, 0.5) is 0 Å². The van der Waals surface area contributed by atoms with E-state index in [1.54, 1.807) is 0 Å². The van der Waals surface area contributed by atoms with Crippen molar-refractivity contribution in [2.24, 2.45) is 17.8 Å². The first kappa shape index (κ1) is 13.9. The van der Waals surface area contributed by atoms with E-state index in [-0.39, 0.29) is 12.1 Å². The van der Waals surface area contributed by atoms with Crippen LogP contribution in [0.2, 0.25) is 0 Å². The zero-order valence-electron chi connectivity index (χ0n) is 11.8. The minimum absolute atomic E-state index is 0.0358. The molecule has 1 saturated heterocycles. The maximum absolute atomic E-state index is 11.9. The highest BCUT2D eigenvalue weighted by Gasteiger charge is 2.27. The maximum Gasteiger partial charge on any atom is 0.306 e. The molecule has 3 atom stereocenters. The van der Waals surface area contributed by atoms with Crippen LogP contribution < -0.4 is 5.32 Å². The Kier molecular flexibility index (Phi) is 5.04. The number of esters is 1. The second kappa shape index (κ2) is 6.55. The number of hydrogen-bond acceptors (Lipinski definition) is 3. The lowest BCUT2D eigenvalue weighted by Gasteiger charge is -2.32. The molecule has 0 spiro atoms. The van der Waals surface area contributed by atoms with Gasteiger partial charge in [0.1, 0.15) is 6.10 Å². The second-order valence-electron chi connectivity index (χ2n) is 6.28. The zero-order chi connectivity index (χ0) is 13.0. The molecular weight excluding hydrogens is 226 g/mol. The number of rotatable bonds is 3. The summed E-state index contributed by atoms with van der Waals surface area (Å²) in [4.78, 5) is 11.9. The average molecular weight is 253 g/mol. The van der Waals surface area contributed by atoms with Gasteiger partial charge in [0, 0.05) is 6.42 Å². The van der Waals surface area contributed by atoms with Gasteiger partial charge < -0.3 is 10.1 Å². The Morgan fingerprint density at radius 2 is 1.83 bits per heavy atom. The van der Waals surface area contributed by atoms with Crippen LogP contribution in [-0.4, -0.2) is 25.2 Å². The van der Waals surface area contributed by atoms with Gasteiger partial charge in [-0.2, -0.15) is 0 Å². The average Bonchev–Trinajstić information content (AvgIpc) is 2.35. The van der Waals surface area contributed by atoms with Crippen LogP contribution in [0.1, 0.15) is 52.4 Å². The highest BCUT2D eigenvalue weighted by atomic mass is 16.5. The molecule has 3 heteroatoms. The number of piperidine rings is 1. The number of carbonyl (C=O) groups excluding carboxylic acids is 1. The molecule has 0 aromatic heterocycles. The molecular formula is C15H27NO2. The summed E-state index contributed by atoms with van der Waals surface area (Å²) in [5, 5.41) is 3.33. The van der Waals surface area contributed by atoms with Gasteiger partial charge >= 0.3 is 5.97 Å². The Labute approximate surface area is 111 Å². The van der Waals surface area contributed by atoms with Crippen molar-refractivity contribution in [2.45, 2.75) is 58.5 Å². The monoisotopic (exact) mass is 253 g/mol. The quantitative estimate of drug-likeness (QED) is 0.786. The maximum atomic E-state index is 11.9. The van der Waals surface area contributed by atoms with Gasteiger partial charge in [-0.05, 0) is 62.9 Å². The van der Waals surface area contributed by atoms with E-state index in [4.69, 9.17) is 4.74 Å². The third-order valence-corrected chi connectivity index (χ3v) is 4.76. The molecule has 1 N–H and O–H groups in total. The van der Waals surface area contributed by atoms with Gasteiger partial charge in [0.25, 0.3) is 0 Å². The van der Waals surface area contributed by atoms with Crippen molar-refractivity contribution in [3.63, 3.8) is 0 Å². The molecule has 2 rings (SSSR count). The molecule has 3 nitrogen and oxygen atoms in total. The van der Waals surface area contributed by atoms with E-state index < -0.39 is 0 Å². The lowest BCUT2D eigenvalue weighted by Crippen LogP contribution is -2.32. The fourth-order valence-corrected chi connectivity index (χ4v) is 3.16. The van der Waals surface area contributed by atoms with E-state index in [1.807, 2.05) is 0 Å². The van der Waals surface area contributed by atoms with E-state index in [2.05, 4.69) is 19.2 Å². The molecule has 1 aliphatic carbocycles. The standard InChI is InChI=1S/C15H27NO2/c1-11-3-4-14(9-12(11)2)18-15(17)10-13-5-7-16-8-6-13/h11-14,16H,3-10H2,1-2H3. The van der Waals surface area contributed by atoms with E-state index in [9.17, 15) is 4.79 Å². The summed E-state index contributed by atoms with van der Waals surface area (Å²) in [5.74, 6) is 2.05. The van der Waals surface area contributed by atoms with Crippen LogP contribution in [-0.2, 0) is 9.53 Å². The molecule has 18 heavy (non-hydrogen) atoms. The largest absolute Gasteiger partial charge is 0.462 e. The Morgan fingerprint density at radius 1 is 1.11 bits per heavy atom. The number of nitrogens with one attached hydrogen (secondary N) is 1. The first-order valence-corrected chi connectivity index (χ1v) is 7.55. The molecule has 0 radical (unpaired) electrons. The highest BCUT2D eigenvalue weighted by Crippen LogP contribution is 2.31. The van der Waals surface area contributed by atoms with Crippen LogP contribution in [0.15, 0.2) is 0 Å². The summed E-state index contributed by atoms with van der Waals surface area (Å²) in [7, 11) is 0. The Hall–Kier alpha value is -0.570. The van der Waals surface area contributed by atoms with Crippen molar-refractivity contribution in [1.29, 1.82) is 0 Å². The van der Waals surface area contributed by atoms with Crippen molar-refractivity contribution >= 4 is 5.97 Å². The summed E-state index contributed by atoms with van der Waals surface area (Å²) in [6.45, 7) is 6.68. The zero-order valence-corrected chi connectivity index (χ0v) is 11.8. The van der Waals surface area contributed by atoms with Crippen LogP contribution in [0.3, 0.4) is 0 Å². The van der Waals surface area contributed by atoms with E-state index in [0.717, 1.165) is 44.7 Å². The molecule has 1 heterocycles. The number of ether oxygens (including phenoxy) is 1. The van der Waals surface area contributed by atoms with E-state index in [0.29, 0.717) is 18.3 Å². The van der Waals surface area contributed by atoms with Gasteiger partial charge in [-0.1, -0.05) is 13.8 Å². The fraction of sp³-hybridized carbons (Fsp3) is 0.933. The molecule has 2 fully saturated rings. The van der Waals surface area contributed by atoms with Gasteiger partial charge in [-0.15, -0.1) is 0 Å². The first-order chi connectivity index (χ1) is 8.65. The molecule has 0 aromatic rings. The minimum Gasteiger partial charge on any atom is -0.462 e. The van der Waals surface area contributed by atoms with Gasteiger partial charge in [0.05, 0.1) is 0 Å². The second-order valence-corrected chi connectivity index (χ2v) is 6.28. The molecule has 2 aliphatic rings. The van der Waals surface area contributed by atoms with Crippen molar-refractivity contribution < 1.29 is 9.53 Å². The topological polar surface area (TPSA) is 38.3 Å². The molecule has 3 unspecified atom stereocenters. The summed E-state index contributed by atoms with van der Waals surface area (Å²) < 4.78 is 5.65.